The van der Waals surface area contributed by atoms with Gasteiger partial charge in [0.1, 0.15) is 6.04 Å². The number of carbonyl (C=O) groups excluding carboxylic acids is 1. The van der Waals surface area contributed by atoms with E-state index in [9.17, 15) is 14.7 Å². The molecule has 1 fully saturated rings. The van der Waals surface area contributed by atoms with E-state index in [2.05, 4.69) is 31.4 Å². The lowest BCUT2D eigenvalue weighted by molar-refractivity contribution is -0.139. The van der Waals surface area contributed by atoms with E-state index in [-0.39, 0.29) is 18.0 Å². The predicted octanol–water partition coefficient (Wildman–Crippen LogP) is 2.55. The number of hydrogen-bond acceptors (Lipinski definition) is 3. The molecule has 0 aromatic rings. The van der Waals surface area contributed by atoms with E-state index in [0.717, 1.165) is 32.1 Å². The second-order valence-electron chi connectivity index (χ2n) is 6.59. The molecule has 22 heavy (non-hydrogen) atoms. The SMILES string of the molecule is CCC[C@H]1C[C@H](C(=O)O)N[C@H]1[C@H](CC(CC)CC)NC(C)=O. The van der Waals surface area contributed by atoms with Crippen molar-refractivity contribution >= 4 is 11.9 Å². The number of nitrogens with one attached hydrogen (secondary N) is 2. The normalized spacial score (nSPS) is 26.1. The third-order valence-corrected chi connectivity index (χ3v) is 4.96. The molecule has 0 radical (unpaired) electrons. The van der Waals surface area contributed by atoms with E-state index in [1.165, 1.54) is 0 Å². The number of hydrogen-bond donors (Lipinski definition) is 3. The Morgan fingerprint density at radius 3 is 2.36 bits per heavy atom. The first-order valence-electron chi connectivity index (χ1n) is 8.68. The lowest BCUT2D eigenvalue weighted by Gasteiger charge is -2.31. The first-order chi connectivity index (χ1) is 10.4. The Balaban J connectivity index is 2.88. The summed E-state index contributed by atoms with van der Waals surface area (Å²) in [6.07, 6.45) is 5.78. The minimum Gasteiger partial charge on any atom is -0.480 e. The second kappa shape index (κ2) is 9.13. The van der Waals surface area contributed by atoms with Crippen LogP contribution in [0.4, 0.5) is 0 Å². The van der Waals surface area contributed by atoms with Crippen molar-refractivity contribution in [2.45, 2.75) is 84.3 Å². The molecule has 0 unspecified atom stereocenters. The molecule has 0 aliphatic carbocycles. The largest absolute Gasteiger partial charge is 0.480 e. The van der Waals surface area contributed by atoms with Crippen molar-refractivity contribution < 1.29 is 14.7 Å². The summed E-state index contributed by atoms with van der Waals surface area (Å²) in [6, 6.07) is -0.409. The van der Waals surface area contributed by atoms with E-state index in [1.54, 1.807) is 6.92 Å². The minimum atomic E-state index is -0.785. The van der Waals surface area contributed by atoms with Gasteiger partial charge in [-0.1, -0.05) is 40.0 Å². The number of carboxylic acids is 1. The standard InChI is InChI=1S/C17H32N2O3/c1-5-8-13-10-15(17(21)22)19-16(13)14(18-11(4)20)9-12(6-2)7-3/h12-16,19H,5-10H2,1-4H3,(H,18,20)(H,21,22)/t13-,14-,15+,16+/m0/s1. The molecule has 5 heteroatoms. The number of carbonyl (C=O) groups is 2. The summed E-state index contributed by atoms with van der Waals surface area (Å²) < 4.78 is 0. The molecule has 4 atom stereocenters. The van der Waals surface area contributed by atoms with Crippen LogP contribution in [-0.4, -0.2) is 35.1 Å². The van der Waals surface area contributed by atoms with Crippen molar-refractivity contribution in [1.82, 2.24) is 10.6 Å². The quantitative estimate of drug-likeness (QED) is 0.611. The molecule has 1 aliphatic rings. The van der Waals surface area contributed by atoms with Crippen LogP contribution in [0, 0.1) is 11.8 Å². The average Bonchev–Trinajstić information content (AvgIpc) is 2.87. The Kier molecular flexibility index (Phi) is 7.87. The fourth-order valence-electron chi connectivity index (χ4n) is 3.71. The maximum absolute atomic E-state index is 11.6. The molecular formula is C17H32N2O3. The van der Waals surface area contributed by atoms with Crippen molar-refractivity contribution in [3.8, 4) is 0 Å². The molecule has 0 aromatic carbocycles. The summed E-state index contributed by atoms with van der Waals surface area (Å²) >= 11 is 0. The molecule has 1 heterocycles. The van der Waals surface area contributed by atoms with Gasteiger partial charge in [0, 0.05) is 19.0 Å². The van der Waals surface area contributed by atoms with Crippen LogP contribution in [0.25, 0.3) is 0 Å². The maximum atomic E-state index is 11.6. The van der Waals surface area contributed by atoms with Crippen molar-refractivity contribution in [2.24, 2.45) is 11.8 Å². The van der Waals surface area contributed by atoms with Gasteiger partial charge in [-0.15, -0.1) is 0 Å². The molecule has 0 bridgehead atoms. The summed E-state index contributed by atoms with van der Waals surface area (Å²) in [5, 5.41) is 15.6. The zero-order chi connectivity index (χ0) is 16.7. The van der Waals surface area contributed by atoms with Crippen molar-refractivity contribution in [3.05, 3.63) is 0 Å². The van der Waals surface area contributed by atoms with Gasteiger partial charge in [0.05, 0.1) is 0 Å². The van der Waals surface area contributed by atoms with Gasteiger partial charge in [-0.2, -0.15) is 0 Å². The van der Waals surface area contributed by atoms with Crippen LogP contribution in [0.2, 0.25) is 0 Å². The monoisotopic (exact) mass is 312 g/mol. The van der Waals surface area contributed by atoms with Crippen LogP contribution in [0.15, 0.2) is 0 Å². The van der Waals surface area contributed by atoms with Crippen LogP contribution < -0.4 is 10.6 Å². The van der Waals surface area contributed by atoms with E-state index in [1.807, 2.05) is 0 Å². The van der Waals surface area contributed by atoms with Gasteiger partial charge in [-0.05, 0) is 31.1 Å². The van der Waals surface area contributed by atoms with Gasteiger partial charge >= 0.3 is 5.97 Å². The third-order valence-electron chi connectivity index (χ3n) is 4.96. The van der Waals surface area contributed by atoms with Crippen molar-refractivity contribution in [2.75, 3.05) is 0 Å². The molecule has 128 valence electrons. The summed E-state index contributed by atoms with van der Waals surface area (Å²) in [5.74, 6) is 0.0570. The molecule has 1 amide bonds. The number of amides is 1. The molecular weight excluding hydrogens is 280 g/mol. The molecule has 0 spiro atoms. The number of carboxylic acid groups (broad SMARTS) is 1. The van der Waals surface area contributed by atoms with Crippen molar-refractivity contribution in [3.63, 3.8) is 0 Å². The summed E-state index contributed by atoms with van der Waals surface area (Å²) in [4.78, 5) is 22.9. The Hall–Kier alpha value is -1.10. The molecule has 0 saturated carbocycles. The van der Waals surface area contributed by atoms with Crippen LogP contribution in [0.1, 0.15) is 66.2 Å². The highest BCUT2D eigenvalue weighted by molar-refractivity contribution is 5.74. The molecule has 1 saturated heterocycles. The Morgan fingerprint density at radius 1 is 1.27 bits per heavy atom. The van der Waals surface area contributed by atoms with Gasteiger partial charge in [-0.3, -0.25) is 14.9 Å². The lowest BCUT2D eigenvalue weighted by Crippen LogP contribution is -2.52. The van der Waals surface area contributed by atoms with Crippen LogP contribution >= 0.6 is 0 Å². The van der Waals surface area contributed by atoms with Gasteiger partial charge in [0.2, 0.25) is 5.91 Å². The van der Waals surface area contributed by atoms with Crippen LogP contribution in [0.3, 0.4) is 0 Å². The zero-order valence-electron chi connectivity index (χ0n) is 14.4. The predicted molar refractivity (Wildman–Crippen MR) is 87.7 cm³/mol. The third kappa shape index (κ3) is 5.27. The minimum absolute atomic E-state index is 0.0169. The first kappa shape index (κ1) is 18.9. The van der Waals surface area contributed by atoms with Crippen LogP contribution in [-0.2, 0) is 9.59 Å². The van der Waals surface area contributed by atoms with E-state index < -0.39 is 12.0 Å². The molecule has 1 aliphatic heterocycles. The molecule has 3 N–H and O–H groups in total. The Bertz CT molecular complexity index is 369. The fourth-order valence-corrected chi connectivity index (χ4v) is 3.71. The van der Waals surface area contributed by atoms with E-state index in [4.69, 9.17) is 0 Å². The maximum Gasteiger partial charge on any atom is 0.320 e. The number of aliphatic carboxylic acids is 1. The molecule has 5 nitrogen and oxygen atoms in total. The summed E-state index contributed by atoms with van der Waals surface area (Å²) in [5.41, 5.74) is 0. The summed E-state index contributed by atoms with van der Waals surface area (Å²) in [6.45, 7) is 8.01. The fraction of sp³-hybridized carbons (Fsp3) is 0.882. The topological polar surface area (TPSA) is 78.4 Å². The Morgan fingerprint density at radius 2 is 1.91 bits per heavy atom. The molecule has 0 aromatic heterocycles. The smallest absolute Gasteiger partial charge is 0.320 e. The number of rotatable bonds is 9. The van der Waals surface area contributed by atoms with Crippen LogP contribution in [0.5, 0.6) is 0 Å². The highest BCUT2D eigenvalue weighted by Gasteiger charge is 2.41. The van der Waals surface area contributed by atoms with Gasteiger partial charge < -0.3 is 10.4 Å². The molecule has 1 rings (SSSR count). The second-order valence-corrected chi connectivity index (χ2v) is 6.59. The van der Waals surface area contributed by atoms with Gasteiger partial charge in [0.15, 0.2) is 0 Å². The highest BCUT2D eigenvalue weighted by atomic mass is 16.4. The summed E-state index contributed by atoms with van der Waals surface area (Å²) in [7, 11) is 0. The lowest BCUT2D eigenvalue weighted by atomic mass is 9.84. The Labute approximate surface area is 134 Å². The average molecular weight is 312 g/mol. The first-order valence-corrected chi connectivity index (χ1v) is 8.68. The van der Waals surface area contributed by atoms with Crippen molar-refractivity contribution in [1.29, 1.82) is 0 Å². The van der Waals surface area contributed by atoms with Gasteiger partial charge in [0.25, 0.3) is 0 Å². The van der Waals surface area contributed by atoms with Gasteiger partial charge in [-0.25, -0.2) is 0 Å². The zero-order valence-corrected chi connectivity index (χ0v) is 14.4. The van der Waals surface area contributed by atoms with E-state index in [0.29, 0.717) is 18.3 Å². The van der Waals surface area contributed by atoms with E-state index >= 15 is 0 Å². The highest BCUT2D eigenvalue weighted by Crippen LogP contribution is 2.30.